The maximum Gasteiger partial charge on any atom is 0.291 e. The Hall–Kier alpha value is -3.02. The topological polar surface area (TPSA) is 115 Å². The highest BCUT2D eigenvalue weighted by Gasteiger charge is 2.31. The highest BCUT2D eigenvalue weighted by atomic mass is 32.2. The van der Waals surface area contributed by atoms with Gasteiger partial charge in [-0.3, -0.25) is 9.78 Å². The summed E-state index contributed by atoms with van der Waals surface area (Å²) in [5.41, 5.74) is 4.03. The Morgan fingerprint density at radius 2 is 2.09 bits per heavy atom. The predicted molar refractivity (Wildman–Crippen MR) is 120 cm³/mol. The first-order chi connectivity index (χ1) is 15.4. The SMILES string of the molecule is COCCS(=O)(=O)N1CCc2c(n(C)c3c(=O)n(Cc4c[nH]c5cnccc45)ncc23)C1. The largest absolute Gasteiger partial charge is 0.384 e. The molecule has 0 saturated carbocycles. The van der Waals surface area contributed by atoms with Crippen LogP contribution in [-0.4, -0.2) is 63.1 Å². The van der Waals surface area contributed by atoms with E-state index in [1.165, 1.54) is 16.1 Å². The number of nitrogens with zero attached hydrogens (tertiary/aromatic N) is 5. The second-order valence-corrected chi connectivity index (χ2v) is 10.1. The van der Waals surface area contributed by atoms with Gasteiger partial charge in [0.1, 0.15) is 5.52 Å². The third-order valence-corrected chi connectivity index (χ3v) is 7.98. The second kappa shape index (κ2) is 7.84. The number of methoxy groups -OCH3 is 1. The number of fused-ring (bicyclic) bond motifs is 4. The minimum Gasteiger partial charge on any atom is -0.384 e. The molecule has 0 unspecified atom stereocenters. The zero-order valence-corrected chi connectivity index (χ0v) is 18.7. The average Bonchev–Trinajstić information content (AvgIpc) is 3.33. The summed E-state index contributed by atoms with van der Waals surface area (Å²) >= 11 is 0. The average molecular weight is 457 g/mol. The molecule has 1 aliphatic rings. The van der Waals surface area contributed by atoms with E-state index in [9.17, 15) is 13.2 Å². The van der Waals surface area contributed by atoms with E-state index in [1.807, 2.05) is 23.9 Å². The fourth-order valence-corrected chi connectivity index (χ4v) is 5.80. The van der Waals surface area contributed by atoms with Crippen LogP contribution in [0.25, 0.3) is 21.8 Å². The molecule has 0 fully saturated rings. The Labute approximate surface area is 184 Å². The summed E-state index contributed by atoms with van der Waals surface area (Å²) in [5, 5.41) is 6.22. The number of ether oxygens (including phenoxy) is 1. The third-order valence-electron chi connectivity index (χ3n) is 6.20. The molecule has 0 saturated heterocycles. The molecule has 5 rings (SSSR count). The van der Waals surface area contributed by atoms with E-state index in [0.717, 1.165) is 33.1 Å². The van der Waals surface area contributed by atoms with Crippen LogP contribution in [0.2, 0.25) is 0 Å². The van der Waals surface area contributed by atoms with E-state index >= 15 is 0 Å². The van der Waals surface area contributed by atoms with Gasteiger partial charge in [0.25, 0.3) is 5.56 Å². The molecule has 168 valence electrons. The van der Waals surface area contributed by atoms with Crippen molar-refractivity contribution in [2.24, 2.45) is 7.05 Å². The molecule has 1 aliphatic heterocycles. The van der Waals surface area contributed by atoms with E-state index in [1.54, 1.807) is 18.6 Å². The van der Waals surface area contributed by atoms with Crippen molar-refractivity contribution in [1.82, 2.24) is 28.6 Å². The molecule has 11 heteroatoms. The lowest BCUT2D eigenvalue weighted by Crippen LogP contribution is -2.38. The maximum absolute atomic E-state index is 13.4. The molecule has 0 bridgehead atoms. The molecule has 5 heterocycles. The van der Waals surface area contributed by atoms with Gasteiger partial charge in [0, 0.05) is 49.6 Å². The van der Waals surface area contributed by atoms with Crippen LogP contribution in [0.15, 0.2) is 35.6 Å². The molecule has 4 aromatic heterocycles. The lowest BCUT2D eigenvalue weighted by molar-refractivity contribution is 0.215. The van der Waals surface area contributed by atoms with Gasteiger partial charge in [0.05, 0.1) is 43.4 Å². The highest BCUT2D eigenvalue weighted by Crippen LogP contribution is 2.29. The van der Waals surface area contributed by atoms with E-state index in [2.05, 4.69) is 15.1 Å². The first-order valence-electron chi connectivity index (χ1n) is 10.3. The Bertz CT molecular complexity index is 1480. The number of pyridine rings is 1. The van der Waals surface area contributed by atoms with Crippen LogP contribution in [0, 0.1) is 0 Å². The van der Waals surface area contributed by atoms with Gasteiger partial charge in [0.15, 0.2) is 0 Å². The molecular weight excluding hydrogens is 432 g/mol. The number of aromatic nitrogens is 5. The summed E-state index contributed by atoms with van der Waals surface area (Å²) in [4.78, 5) is 20.6. The van der Waals surface area contributed by atoms with Crippen LogP contribution < -0.4 is 5.56 Å². The number of hydrogen-bond acceptors (Lipinski definition) is 6. The van der Waals surface area contributed by atoms with Gasteiger partial charge in [-0.1, -0.05) is 0 Å². The Morgan fingerprint density at radius 1 is 1.25 bits per heavy atom. The van der Waals surface area contributed by atoms with Gasteiger partial charge in [-0.2, -0.15) is 9.40 Å². The summed E-state index contributed by atoms with van der Waals surface area (Å²) in [5.74, 6) is -0.0583. The van der Waals surface area contributed by atoms with E-state index in [-0.39, 0.29) is 24.5 Å². The normalized spacial score (nSPS) is 14.9. The quantitative estimate of drug-likeness (QED) is 0.463. The van der Waals surface area contributed by atoms with E-state index < -0.39 is 10.0 Å². The monoisotopic (exact) mass is 456 g/mol. The summed E-state index contributed by atoms with van der Waals surface area (Å²) in [6, 6.07) is 1.91. The summed E-state index contributed by atoms with van der Waals surface area (Å²) < 4.78 is 35.0. The molecule has 0 atom stereocenters. The van der Waals surface area contributed by atoms with Crippen molar-refractivity contribution in [3.63, 3.8) is 0 Å². The van der Waals surface area contributed by atoms with Crippen molar-refractivity contribution in [2.75, 3.05) is 26.0 Å². The van der Waals surface area contributed by atoms with Crippen molar-refractivity contribution in [1.29, 1.82) is 0 Å². The third kappa shape index (κ3) is 3.33. The standard InChI is InChI=1S/C21H24N6O4S/c1-25-19-13-26(32(29,30)8-7-31-2)6-4-16(19)17-10-24-27(21(28)20(17)25)12-14-9-23-18-11-22-5-3-15(14)18/h3,5,9-11,23H,4,6-8,12-13H2,1-2H3. The minimum absolute atomic E-state index is 0.0583. The van der Waals surface area contributed by atoms with Gasteiger partial charge in [-0.25, -0.2) is 13.1 Å². The number of rotatable bonds is 6. The molecule has 4 aromatic rings. The molecule has 0 aliphatic carbocycles. The van der Waals surface area contributed by atoms with Crippen LogP contribution in [0.3, 0.4) is 0 Å². The predicted octanol–water partition coefficient (Wildman–Crippen LogP) is 0.994. The van der Waals surface area contributed by atoms with Gasteiger partial charge >= 0.3 is 0 Å². The van der Waals surface area contributed by atoms with Gasteiger partial charge < -0.3 is 14.3 Å². The summed E-state index contributed by atoms with van der Waals surface area (Å²) in [6.07, 6.45) is 7.59. The molecule has 32 heavy (non-hydrogen) atoms. The maximum atomic E-state index is 13.4. The van der Waals surface area contributed by atoms with Crippen molar-refractivity contribution >= 4 is 31.8 Å². The molecule has 10 nitrogen and oxygen atoms in total. The van der Waals surface area contributed by atoms with Crippen molar-refractivity contribution < 1.29 is 13.2 Å². The first kappa shape index (κ1) is 20.9. The fourth-order valence-electron chi connectivity index (χ4n) is 4.47. The molecule has 0 aromatic carbocycles. The van der Waals surface area contributed by atoms with Crippen LogP contribution in [0.1, 0.15) is 16.8 Å². The number of H-pyrrole nitrogens is 1. The van der Waals surface area contributed by atoms with Gasteiger partial charge in [0.2, 0.25) is 10.0 Å². The second-order valence-electron chi connectivity index (χ2n) is 7.98. The first-order valence-corrected chi connectivity index (χ1v) is 11.9. The summed E-state index contributed by atoms with van der Waals surface area (Å²) in [7, 11) is -0.128. The zero-order chi connectivity index (χ0) is 22.5. The molecular formula is C21H24N6O4S. The Morgan fingerprint density at radius 3 is 2.91 bits per heavy atom. The van der Waals surface area contributed by atoms with Gasteiger partial charge in [-0.05, 0) is 23.6 Å². The Balaban J connectivity index is 1.53. The molecule has 0 spiro atoms. The number of hydrogen-bond donors (Lipinski definition) is 1. The Kier molecular flexibility index (Phi) is 5.11. The fraction of sp³-hybridized carbons (Fsp3) is 0.381. The number of aromatic amines is 1. The lowest BCUT2D eigenvalue weighted by atomic mass is 10.1. The summed E-state index contributed by atoms with van der Waals surface area (Å²) in [6.45, 7) is 1.09. The van der Waals surface area contributed by atoms with Crippen molar-refractivity contribution in [3.05, 3.63) is 58.0 Å². The van der Waals surface area contributed by atoms with Crippen LogP contribution in [0.4, 0.5) is 0 Å². The zero-order valence-electron chi connectivity index (χ0n) is 17.9. The van der Waals surface area contributed by atoms with Crippen LogP contribution in [0.5, 0.6) is 0 Å². The minimum atomic E-state index is -3.43. The van der Waals surface area contributed by atoms with E-state index in [4.69, 9.17) is 4.74 Å². The highest BCUT2D eigenvalue weighted by molar-refractivity contribution is 7.89. The smallest absolute Gasteiger partial charge is 0.291 e. The number of sulfonamides is 1. The lowest BCUT2D eigenvalue weighted by Gasteiger charge is -2.27. The molecule has 1 N–H and O–H groups in total. The molecule has 0 amide bonds. The van der Waals surface area contributed by atoms with Crippen LogP contribution in [-0.2, 0) is 41.3 Å². The van der Waals surface area contributed by atoms with E-state index in [0.29, 0.717) is 25.0 Å². The van der Waals surface area contributed by atoms with Gasteiger partial charge in [-0.15, -0.1) is 0 Å². The van der Waals surface area contributed by atoms with Crippen molar-refractivity contribution in [3.8, 4) is 0 Å². The number of aryl methyl sites for hydroxylation is 1. The van der Waals surface area contributed by atoms with Crippen LogP contribution >= 0.6 is 0 Å². The number of nitrogens with one attached hydrogen (secondary N) is 1. The molecule has 0 radical (unpaired) electrons. The van der Waals surface area contributed by atoms with Crippen molar-refractivity contribution in [2.45, 2.75) is 19.5 Å².